The Balaban J connectivity index is 1.80. The van der Waals surface area contributed by atoms with Crippen molar-refractivity contribution in [2.45, 2.75) is 56.8 Å². The maximum Gasteiger partial charge on any atom is 0.0900 e. The summed E-state index contributed by atoms with van der Waals surface area (Å²) in [4.78, 5) is 0. The number of fused-ring (bicyclic) bond motifs is 1. The van der Waals surface area contributed by atoms with E-state index in [9.17, 15) is 5.11 Å². The monoisotopic (exact) mass is 261 g/mol. The van der Waals surface area contributed by atoms with Crippen LogP contribution in [0.15, 0.2) is 24.3 Å². The number of para-hydroxylation sites is 1. The number of rotatable bonds is 2. The zero-order valence-corrected chi connectivity index (χ0v) is 11.8. The summed E-state index contributed by atoms with van der Waals surface area (Å²) in [6.07, 6.45) is 3.28. The summed E-state index contributed by atoms with van der Waals surface area (Å²) in [5, 5.41) is 14.6. The molecule has 0 aromatic heterocycles. The number of ether oxygens (including phenoxy) is 1. The fourth-order valence-electron chi connectivity index (χ4n) is 3.41. The zero-order chi connectivity index (χ0) is 13.5. The smallest absolute Gasteiger partial charge is 0.0900 e. The minimum absolute atomic E-state index is 0.111. The van der Waals surface area contributed by atoms with Gasteiger partial charge in [0.15, 0.2) is 0 Å². The Bertz CT molecular complexity index is 451. The molecule has 1 fully saturated rings. The van der Waals surface area contributed by atoms with Gasteiger partial charge < -0.3 is 15.2 Å². The number of hydrogen-bond donors (Lipinski definition) is 2. The van der Waals surface area contributed by atoms with Crippen molar-refractivity contribution in [3.8, 4) is 0 Å². The van der Waals surface area contributed by atoms with Crippen molar-refractivity contribution in [1.29, 1.82) is 0 Å². The Morgan fingerprint density at radius 2 is 2.21 bits per heavy atom. The van der Waals surface area contributed by atoms with Gasteiger partial charge >= 0.3 is 0 Å². The average Bonchev–Trinajstić information content (AvgIpc) is 2.83. The van der Waals surface area contributed by atoms with Crippen molar-refractivity contribution in [2.75, 3.05) is 11.9 Å². The Morgan fingerprint density at radius 3 is 2.95 bits per heavy atom. The van der Waals surface area contributed by atoms with Gasteiger partial charge in [-0.15, -0.1) is 0 Å². The van der Waals surface area contributed by atoms with Gasteiger partial charge in [-0.05, 0) is 31.4 Å². The van der Waals surface area contributed by atoms with Gasteiger partial charge in [0.2, 0.25) is 0 Å². The Kier molecular flexibility index (Phi) is 3.06. The van der Waals surface area contributed by atoms with Crippen LogP contribution in [0.3, 0.4) is 0 Å². The maximum absolute atomic E-state index is 11.1. The van der Waals surface area contributed by atoms with Gasteiger partial charge in [0.1, 0.15) is 0 Å². The standard InChI is InChI=1S/C16H23NO2/c1-3-15(2)11-16(18,8-9-19-15)14-10-12-6-4-5-7-13(12)17-14/h4-7,14,17-18H,3,8-11H2,1-2H3. The molecule has 2 heterocycles. The molecule has 0 bridgehead atoms. The van der Waals surface area contributed by atoms with Crippen LogP contribution < -0.4 is 5.32 Å². The first-order valence-electron chi connectivity index (χ1n) is 7.25. The normalized spacial score (nSPS) is 37.7. The molecule has 0 aliphatic carbocycles. The van der Waals surface area contributed by atoms with E-state index >= 15 is 0 Å². The first-order chi connectivity index (χ1) is 9.05. The molecule has 3 unspecified atom stereocenters. The van der Waals surface area contributed by atoms with Crippen LogP contribution in [0.2, 0.25) is 0 Å². The van der Waals surface area contributed by atoms with Crippen molar-refractivity contribution < 1.29 is 9.84 Å². The third-order valence-corrected chi connectivity index (χ3v) is 4.83. The summed E-state index contributed by atoms with van der Waals surface area (Å²) in [6.45, 7) is 4.89. The van der Waals surface area contributed by atoms with E-state index in [2.05, 4.69) is 37.4 Å². The van der Waals surface area contributed by atoms with E-state index in [0.29, 0.717) is 19.4 Å². The van der Waals surface area contributed by atoms with Crippen molar-refractivity contribution in [3.05, 3.63) is 29.8 Å². The van der Waals surface area contributed by atoms with Crippen LogP contribution >= 0.6 is 0 Å². The second kappa shape index (κ2) is 4.50. The minimum atomic E-state index is -0.665. The SMILES string of the molecule is CCC1(C)CC(O)(C2Cc3ccccc3N2)CCO1. The van der Waals surface area contributed by atoms with Gasteiger partial charge in [0.05, 0.1) is 23.9 Å². The van der Waals surface area contributed by atoms with E-state index < -0.39 is 5.60 Å². The summed E-state index contributed by atoms with van der Waals surface area (Å²) in [5.74, 6) is 0. The van der Waals surface area contributed by atoms with Crippen LogP contribution in [-0.2, 0) is 11.2 Å². The van der Waals surface area contributed by atoms with Crippen LogP contribution in [0.4, 0.5) is 5.69 Å². The summed E-state index contributed by atoms with van der Waals surface area (Å²) in [7, 11) is 0. The molecule has 2 aliphatic heterocycles. The molecule has 1 aromatic carbocycles. The van der Waals surface area contributed by atoms with Gasteiger partial charge in [-0.25, -0.2) is 0 Å². The molecular weight excluding hydrogens is 238 g/mol. The van der Waals surface area contributed by atoms with Crippen molar-refractivity contribution in [2.24, 2.45) is 0 Å². The highest BCUT2D eigenvalue weighted by Crippen LogP contribution is 2.41. The number of nitrogens with one attached hydrogen (secondary N) is 1. The highest BCUT2D eigenvalue weighted by molar-refractivity contribution is 5.57. The molecule has 3 nitrogen and oxygen atoms in total. The molecule has 0 spiro atoms. The molecule has 3 heteroatoms. The van der Waals surface area contributed by atoms with Gasteiger partial charge in [0, 0.05) is 18.5 Å². The average molecular weight is 261 g/mol. The lowest BCUT2D eigenvalue weighted by Gasteiger charge is -2.46. The quantitative estimate of drug-likeness (QED) is 0.860. The van der Waals surface area contributed by atoms with Crippen molar-refractivity contribution >= 4 is 5.69 Å². The van der Waals surface area contributed by atoms with Crippen molar-refractivity contribution in [1.82, 2.24) is 0 Å². The predicted octanol–water partition coefficient (Wildman–Crippen LogP) is 2.73. The van der Waals surface area contributed by atoms with Gasteiger partial charge in [-0.2, -0.15) is 0 Å². The minimum Gasteiger partial charge on any atom is -0.388 e. The molecule has 2 N–H and O–H groups in total. The van der Waals surface area contributed by atoms with Gasteiger partial charge in [-0.1, -0.05) is 25.1 Å². The molecule has 1 saturated heterocycles. The fourth-order valence-corrected chi connectivity index (χ4v) is 3.41. The molecular formula is C16H23NO2. The van der Waals surface area contributed by atoms with Crippen LogP contribution in [0.5, 0.6) is 0 Å². The Morgan fingerprint density at radius 1 is 1.42 bits per heavy atom. The molecule has 104 valence electrons. The predicted molar refractivity (Wildman–Crippen MR) is 76.4 cm³/mol. The van der Waals surface area contributed by atoms with E-state index in [4.69, 9.17) is 4.74 Å². The van der Waals surface area contributed by atoms with Crippen LogP contribution in [-0.4, -0.2) is 29.0 Å². The van der Waals surface area contributed by atoms with E-state index in [0.717, 1.165) is 12.8 Å². The number of aliphatic hydroxyl groups is 1. The van der Waals surface area contributed by atoms with Crippen LogP contribution in [0, 0.1) is 0 Å². The molecule has 3 rings (SSSR count). The summed E-state index contributed by atoms with van der Waals surface area (Å²) in [6, 6.07) is 8.45. The topological polar surface area (TPSA) is 41.5 Å². The summed E-state index contributed by atoms with van der Waals surface area (Å²) < 4.78 is 5.86. The Labute approximate surface area is 115 Å². The molecule has 2 aliphatic rings. The van der Waals surface area contributed by atoms with Crippen molar-refractivity contribution in [3.63, 3.8) is 0 Å². The van der Waals surface area contributed by atoms with E-state index in [1.807, 2.05) is 6.07 Å². The molecule has 1 aromatic rings. The van der Waals surface area contributed by atoms with E-state index in [-0.39, 0.29) is 11.6 Å². The molecule has 3 atom stereocenters. The third-order valence-electron chi connectivity index (χ3n) is 4.83. The van der Waals surface area contributed by atoms with E-state index in [1.165, 1.54) is 11.3 Å². The van der Waals surface area contributed by atoms with Crippen LogP contribution in [0.25, 0.3) is 0 Å². The number of benzene rings is 1. The molecule has 19 heavy (non-hydrogen) atoms. The second-order valence-corrected chi connectivity index (χ2v) is 6.24. The van der Waals surface area contributed by atoms with Gasteiger partial charge in [-0.3, -0.25) is 0 Å². The largest absolute Gasteiger partial charge is 0.388 e. The first-order valence-corrected chi connectivity index (χ1v) is 7.25. The summed E-state index contributed by atoms with van der Waals surface area (Å²) in [5.41, 5.74) is 1.63. The lowest BCUT2D eigenvalue weighted by Crippen LogP contribution is -2.55. The van der Waals surface area contributed by atoms with Gasteiger partial charge in [0.25, 0.3) is 0 Å². The number of anilines is 1. The zero-order valence-electron chi connectivity index (χ0n) is 11.8. The summed E-state index contributed by atoms with van der Waals surface area (Å²) >= 11 is 0. The highest BCUT2D eigenvalue weighted by atomic mass is 16.5. The third kappa shape index (κ3) is 2.26. The first kappa shape index (κ1) is 12.9. The van der Waals surface area contributed by atoms with Crippen LogP contribution in [0.1, 0.15) is 38.7 Å². The lowest BCUT2D eigenvalue weighted by molar-refractivity contribution is -0.158. The molecule has 0 saturated carbocycles. The van der Waals surface area contributed by atoms with E-state index in [1.54, 1.807) is 0 Å². The number of hydrogen-bond acceptors (Lipinski definition) is 3. The maximum atomic E-state index is 11.1. The molecule has 0 radical (unpaired) electrons. The highest BCUT2D eigenvalue weighted by Gasteiger charge is 2.47. The Hall–Kier alpha value is -1.06. The lowest BCUT2D eigenvalue weighted by atomic mass is 9.76. The molecule has 0 amide bonds. The second-order valence-electron chi connectivity index (χ2n) is 6.24. The fraction of sp³-hybridized carbons (Fsp3) is 0.625.